The maximum Gasteiger partial charge on any atom is 0.310 e. The molecule has 13 nitrogen and oxygen atoms in total. The Morgan fingerprint density at radius 3 is 2.42 bits per heavy atom. The van der Waals surface area contributed by atoms with Gasteiger partial charge in [0.1, 0.15) is 22.8 Å². The van der Waals surface area contributed by atoms with Gasteiger partial charge in [0.25, 0.3) is 0 Å². The van der Waals surface area contributed by atoms with Crippen LogP contribution in [0, 0.1) is 0 Å². The first-order valence-corrected chi connectivity index (χ1v) is 16.8. The summed E-state index contributed by atoms with van der Waals surface area (Å²) in [5.74, 6) is -4.57. The molecule has 0 bridgehead atoms. The first-order valence-electron chi connectivity index (χ1n) is 16.8. The van der Waals surface area contributed by atoms with Gasteiger partial charge in [-0.05, 0) is 29.3 Å². The second-order valence-corrected chi connectivity index (χ2v) is 13.5. The predicted octanol–water partition coefficient (Wildman–Crippen LogP) is 2.95. The molecule has 52 heavy (non-hydrogen) atoms. The summed E-state index contributed by atoms with van der Waals surface area (Å²) in [4.78, 5) is 54.5. The Morgan fingerprint density at radius 2 is 1.67 bits per heavy atom. The number of phenolic OH excluding ortho intramolecular Hbond substituents is 2. The summed E-state index contributed by atoms with van der Waals surface area (Å²) in [6.45, 7) is 0.745. The second kappa shape index (κ2) is 13.4. The van der Waals surface area contributed by atoms with Gasteiger partial charge in [-0.1, -0.05) is 54.6 Å². The van der Waals surface area contributed by atoms with Crippen molar-refractivity contribution in [3.05, 3.63) is 99.6 Å². The fourth-order valence-electron chi connectivity index (χ4n) is 7.54. The Hall–Kier alpha value is -5.18. The quantitative estimate of drug-likeness (QED) is 0.116. The van der Waals surface area contributed by atoms with Crippen LogP contribution in [0.25, 0.3) is 10.8 Å². The van der Waals surface area contributed by atoms with E-state index in [1.54, 1.807) is 19.1 Å². The Bertz CT molecular complexity index is 2130. The Labute approximate surface area is 297 Å². The van der Waals surface area contributed by atoms with Crippen LogP contribution in [-0.2, 0) is 36.6 Å². The number of methoxy groups -OCH3 is 1. The van der Waals surface area contributed by atoms with E-state index in [0.29, 0.717) is 5.56 Å². The van der Waals surface area contributed by atoms with E-state index in [4.69, 9.17) is 24.7 Å². The first-order chi connectivity index (χ1) is 24.8. The highest BCUT2D eigenvalue weighted by Crippen LogP contribution is 2.52. The number of aliphatic hydroxyl groups excluding tert-OH is 1. The lowest BCUT2D eigenvalue weighted by molar-refractivity contribution is -0.247. The minimum Gasteiger partial charge on any atom is -0.507 e. The highest BCUT2D eigenvalue weighted by molar-refractivity contribution is 6.31. The Kier molecular flexibility index (Phi) is 9.09. The number of aliphatic hydroxyl groups is 2. The van der Waals surface area contributed by atoms with Crippen LogP contribution in [0.5, 0.6) is 17.2 Å². The number of hydrogen-bond acceptors (Lipinski definition) is 13. The van der Waals surface area contributed by atoms with Crippen LogP contribution in [0.15, 0.2) is 60.7 Å². The smallest absolute Gasteiger partial charge is 0.310 e. The van der Waals surface area contributed by atoms with Gasteiger partial charge in [0, 0.05) is 42.0 Å². The van der Waals surface area contributed by atoms with Gasteiger partial charge in [0.2, 0.25) is 11.6 Å². The van der Waals surface area contributed by atoms with Crippen molar-refractivity contribution >= 4 is 34.1 Å². The molecule has 7 rings (SSSR count). The van der Waals surface area contributed by atoms with E-state index in [1.165, 1.54) is 25.3 Å². The number of carbonyl (C=O) groups excluding carboxylic acids is 4. The van der Waals surface area contributed by atoms with Crippen molar-refractivity contribution < 1.29 is 58.6 Å². The number of nitrogens with two attached hydrogens (primary N) is 1. The van der Waals surface area contributed by atoms with E-state index in [2.05, 4.69) is 0 Å². The Morgan fingerprint density at radius 1 is 0.962 bits per heavy atom. The van der Waals surface area contributed by atoms with Crippen LogP contribution in [0.3, 0.4) is 0 Å². The summed E-state index contributed by atoms with van der Waals surface area (Å²) < 4.78 is 22.7. The number of Topliss-reactive ketones (excluding diaryl/α,β-unsaturated/α-hetero) is 1. The summed E-state index contributed by atoms with van der Waals surface area (Å²) in [5.41, 5.74) is 2.92. The van der Waals surface area contributed by atoms with Gasteiger partial charge in [-0.15, -0.1) is 0 Å². The zero-order valence-electron chi connectivity index (χ0n) is 28.3. The van der Waals surface area contributed by atoms with Crippen molar-refractivity contribution in [3.8, 4) is 17.2 Å². The van der Waals surface area contributed by atoms with Gasteiger partial charge >= 0.3 is 5.97 Å². The zero-order valence-corrected chi connectivity index (χ0v) is 28.3. The molecule has 6 atom stereocenters. The molecule has 4 aromatic carbocycles. The van der Waals surface area contributed by atoms with Crippen molar-refractivity contribution in [3.63, 3.8) is 0 Å². The van der Waals surface area contributed by atoms with Gasteiger partial charge < -0.3 is 45.1 Å². The van der Waals surface area contributed by atoms with Gasteiger partial charge in [-0.25, -0.2) is 0 Å². The number of esters is 1. The van der Waals surface area contributed by atoms with E-state index in [-0.39, 0.29) is 40.8 Å². The lowest BCUT2D eigenvalue weighted by atomic mass is 9.72. The number of hydrogen-bond donors (Lipinski definition) is 5. The maximum absolute atomic E-state index is 13.9. The van der Waals surface area contributed by atoms with Crippen molar-refractivity contribution in [1.29, 1.82) is 0 Å². The molecule has 3 aliphatic rings. The van der Waals surface area contributed by atoms with E-state index in [0.717, 1.165) is 10.8 Å². The molecule has 0 radical (unpaired) electrons. The van der Waals surface area contributed by atoms with Gasteiger partial charge in [0.05, 0.1) is 48.5 Å². The monoisotopic (exact) mass is 711 g/mol. The van der Waals surface area contributed by atoms with Crippen LogP contribution >= 0.6 is 0 Å². The van der Waals surface area contributed by atoms with Crippen LogP contribution < -0.4 is 10.5 Å². The average Bonchev–Trinajstić information content (AvgIpc) is 3.12. The summed E-state index contributed by atoms with van der Waals surface area (Å²) in [7, 11) is 1.32. The molecule has 0 amide bonds. The lowest BCUT2D eigenvalue weighted by Crippen LogP contribution is -2.53. The molecular formula is C39H37NO12. The van der Waals surface area contributed by atoms with E-state index >= 15 is 0 Å². The molecule has 1 heterocycles. The molecule has 2 aliphatic carbocycles. The van der Waals surface area contributed by atoms with Crippen molar-refractivity contribution in [1.82, 2.24) is 0 Å². The number of benzene rings is 4. The molecule has 0 spiro atoms. The molecule has 1 saturated heterocycles. The summed E-state index contributed by atoms with van der Waals surface area (Å²) in [6, 6.07) is 16.6. The van der Waals surface area contributed by atoms with Crippen LogP contribution in [0.2, 0.25) is 0 Å². The third kappa shape index (κ3) is 5.90. The summed E-state index contributed by atoms with van der Waals surface area (Å²) >= 11 is 0. The number of carbonyl (C=O) groups is 4. The first kappa shape index (κ1) is 35.2. The number of fused-ring (bicyclic) bond motifs is 4. The molecule has 0 saturated carbocycles. The minimum absolute atomic E-state index is 0.0187. The largest absolute Gasteiger partial charge is 0.507 e. The third-order valence-electron chi connectivity index (χ3n) is 10.2. The van der Waals surface area contributed by atoms with Crippen LogP contribution in [0.4, 0.5) is 0 Å². The fourth-order valence-corrected chi connectivity index (χ4v) is 7.54. The molecular weight excluding hydrogens is 674 g/mol. The highest BCUT2D eigenvalue weighted by atomic mass is 16.7. The third-order valence-corrected chi connectivity index (χ3v) is 10.2. The standard InChI is InChI=1S/C39H37NO12/c1-18-34(43)24(40)14-29(51-18)52-26-16-39(48,27(41)17-50-28(42)13-20-9-5-8-19-7-3-4-10-21(19)20)15-23-31(26)38(47)33-32(36(23)45)35(44)22-11-6-12-25(49-2)30(22)37(33)46/h3-12,18,24,26,29,34,43,45,47-48H,13-17,40H2,1-2H3/t18-,24-,26-,29-,34+,39-/m0/s1. The molecule has 270 valence electrons. The normalized spacial score (nSPS) is 25.2. The van der Waals surface area contributed by atoms with Crippen molar-refractivity contribution in [2.75, 3.05) is 13.7 Å². The molecule has 6 N–H and O–H groups in total. The fraction of sp³-hybridized carbons (Fsp3) is 0.333. The highest BCUT2D eigenvalue weighted by Gasteiger charge is 2.50. The Balaban J connectivity index is 1.23. The van der Waals surface area contributed by atoms with E-state index in [9.17, 15) is 39.6 Å². The molecule has 0 unspecified atom stereocenters. The average molecular weight is 712 g/mol. The molecule has 1 aliphatic heterocycles. The van der Waals surface area contributed by atoms with Crippen LogP contribution in [-0.4, -0.2) is 87.6 Å². The van der Waals surface area contributed by atoms with Gasteiger partial charge in [-0.3, -0.25) is 19.2 Å². The number of ether oxygens (including phenoxy) is 4. The van der Waals surface area contributed by atoms with Gasteiger partial charge in [-0.2, -0.15) is 0 Å². The predicted molar refractivity (Wildman–Crippen MR) is 183 cm³/mol. The number of rotatable bonds is 8. The number of ketones is 3. The number of phenols is 2. The molecule has 13 heteroatoms. The minimum atomic E-state index is -2.35. The van der Waals surface area contributed by atoms with Gasteiger partial charge in [0.15, 0.2) is 18.7 Å². The van der Waals surface area contributed by atoms with Crippen molar-refractivity contribution in [2.45, 2.75) is 68.9 Å². The van der Waals surface area contributed by atoms with E-state index < -0.39 is 102 Å². The SMILES string of the molecule is COc1cccc2c1C(=O)c1c(O)c3c(c(O)c1C2=O)C[C@@](O)(C(=O)COC(=O)Cc1cccc2ccccc12)C[C@@H]3O[C@H]1C[C@H](N)[C@H](O)[C@H](C)O1. The zero-order chi connectivity index (χ0) is 37.1. The topological polar surface area (TPSA) is 212 Å². The maximum atomic E-state index is 13.9. The van der Waals surface area contributed by atoms with Crippen LogP contribution in [0.1, 0.15) is 74.4 Å². The lowest BCUT2D eigenvalue weighted by Gasteiger charge is -2.42. The molecule has 1 fully saturated rings. The number of aromatic hydroxyl groups is 2. The van der Waals surface area contributed by atoms with Crippen molar-refractivity contribution in [2.24, 2.45) is 5.73 Å². The van der Waals surface area contributed by atoms with E-state index in [1.807, 2.05) is 30.3 Å². The second-order valence-electron chi connectivity index (χ2n) is 13.5. The summed E-state index contributed by atoms with van der Waals surface area (Å²) in [5, 5.41) is 47.5. The molecule has 4 aromatic rings. The summed E-state index contributed by atoms with van der Waals surface area (Å²) in [6.07, 6.45) is -5.62. The molecule has 0 aromatic heterocycles.